The van der Waals surface area contributed by atoms with Gasteiger partial charge in [-0.05, 0) is 51.4 Å². The predicted octanol–water partition coefficient (Wildman–Crippen LogP) is 15.7. The molecule has 56 heavy (non-hydrogen) atoms. The van der Waals surface area contributed by atoms with Gasteiger partial charge in [-0.3, -0.25) is 9.59 Å². The van der Waals surface area contributed by atoms with Gasteiger partial charge in [-0.25, -0.2) is 0 Å². The molecule has 326 valence electrons. The molecule has 0 radical (unpaired) electrons. The number of hydrogen-bond acceptors (Lipinski definition) is 5. The molecule has 1 unspecified atom stereocenters. The summed E-state index contributed by atoms with van der Waals surface area (Å²) in [5.74, 6) is -0.610. The van der Waals surface area contributed by atoms with Crippen molar-refractivity contribution >= 4 is 11.9 Å². The first-order chi connectivity index (χ1) is 27.6. The van der Waals surface area contributed by atoms with Gasteiger partial charge < -0.3 is 14.6 Å². The van der Waals surface area contributed by atoms with Crippen LogP contribution in [-0.2, 0) is 19.1 Å². The zero-order valence-corrected chi connectivity index (χ0v) is 37.1. The van der Waals surface area contributed by atoms with E-state index in [2.05, 4.69) is 62.5 Å². The molecular weight excluding hydrogens is 693 g/mol. The summed E-state index contributed by atoms with van der Waals surface area (Å²) in [6.07, 6.45) is 60.6. The van der Waals surface area contributed by atoms with E-state index < -0.39 is 6.10 Å². The minimum atomic E-state index is -0.784. The molecule has 0 heterocycles. The molecule has 0 saturated heterocycles. The Morgan fingerprint density at radius 2 is 0.768 bits per heavy atom. The lowest BCUT2D eigenvalue weighted by Gasteiger charge is -2.15. The highest BCUT2D eigenvalue weighted by Crippen LogP contribution is 2.16. The van der Waals surface area contributed by atoms with E-state index in [0.717, 1.165) is 77.0 Å². The highest BCUT2D eigenvalue weighted by atomic mass is 16.6. The lowest BCUT2D eigenvalue weighted by Crippen LogP contribution is -2.28. The molecule has 0 aliphatic rings. The Kier molecular flexibility index (Phi) is 45.4. The molecule has 0 aliphatic heterocycles. The molecule has 0 fully saturated rings. The number of carbonyl (C=O) groups excluding carboxylic acids is 2. The first-order valence-corrected chi connectivity index (χ1v) is 24.2. The van der Waals surface area contributed by atoms with E-state index in [1.165, 1.54) is 141 Å². The number of hydrogen-bond donors (Lipinski definition) is 1. The van der Waals surface area contributed by atoms with Crippen molar-refractivity contribution < 1.29 is 24.2 Å². The zero-order valence-electron chi connectivity index (χ0n) is 37.1. The second kappa shape index (κ2) is 47.2. The van der Waals surface area contributed by atoms with Gasteiger partial charge in [0.1, 0.15) is 6.61 Å². The Labute approximate surface area is 348 Å². The monoisotopic (exact) mass is 785 g/mol. The molecule has 0 aromatic heterocycles. The number of esters is 2. The third kappa shape index (κ3) is 44.6. The molecule has 0 bridgehead atoms. The van der Waals surface area contributed by atoms with Crippen molar-refractivity contribution in [3.63, 3.8) is 0 Å². The Bertz CT molecular complexity index is 935. The van der Waals surface area contributed by atoms with Crippen LogP contribution >= 0.6 is 0 Å². The molecule has 5 heteroatoms. The predicted molar refractivity (Wildman–Crippen MR) is 242 cm³/mol. The fourth-order valence-electron chi connectivity index (χ4n) is 7.02. The summed E-state index contributed by atoms with van der Waals surface area (Å²) in [7, 11) is 0. The van der Waals surface area contributed by atoms with Crippen LogP contribution in [0.25, 0.3) is 0 Å². The van der Waals surface area contributed by atoms with Gasteiger partial charge in [-0.1, -0.05) is 229 Å². The van der Waals surface area contributed by atoms with Gasteiger partial charge >= 0.3 is 11.9 Å². The summed E-state index contributed by atoms with van der Waals surface area (Å²) in [6.45, 7) is 4.03. The van der Waals surface area contributed by atoms with Crippen LogP contribution in [0.1, 0.15) is 245 Å². The van der Waals surface area contributed by atoms with Gasteiger partial charge in [-0.2, -0.15) is 0 Å². The molecular formula is C51H92O5. The minimum Gasteiger partial charge on any atom is -0.462 e. The van der Waals surface area contributed by atoms with Crippen LogP contribution in [0, 0.1) is 0 Å². The lowest BCUT2D eigenvalue weighted by atomic mass is 10.0. The van der Waals surface area contributed by atoms with Crippen molar-refractivity contribution in [3.8, 4) is 0 Å². The fraction of sp³-hybridized carbons (Fsp3) is 0.804. The van der Waals surface area contributed by atoms with Crippen molar-refractivity contribution in [1.29, 1.82) is 0 Å². The molecule has 0 aromatic carbocycles. The Hall–Kier alpha value is -2.14. The number of carbonyl (C=O) groups is 2. The van der Waals surface area contributed by atoms with Crippen molar-refractivity contribution in [2.45, 2.75) is 251 Å². The summed E-state index contributed by atoms with van der Waals surface area (Å²) in [6, 6.07) is 0. The molecule has 5 nitrogen and oxygen atoms in total. The first kappa shape index (κ1) is 53.9. The molecule has 0 aromatic rings. The molecule has 0 spiro atoms. The van der Waals surface area contributed by atoms with Crippen molar-refractivity contribution in [2.24, 2.45) is 0 Å². The van der Waals surface area contributed by atoms with Crippen molar-refractivity contribution in [3.05, 3.63) is 48.6 Å². The highest BCUT2D eigenvalue weighted by Gasteiger charge is 2.16. The van der Waals surface area contributed by atoms with E-state index in [4.69, 9.17) is 9.47 Å². The summed E-state index contributed by atoms with van der Waals surface area (Å²) in [5.41, 5.74) is 0. The maximum Gasteiger partial charge on any atom is 0.306 e. The highest BCUT2D eigenvalue weighted by molar-refractivity contribution is 5.70. The number of allylic oxidation sites excluding steroid dienone is 8. The standard InChI is InChI=1S/C51H92O5/c1-3-5-7-9-11-13-15-17-19-21-22-23-24-25-26-27-28-30-31-33-35-37-39-41-43-45-50(53)55-48-49(47-52)56-51(54)46-44-42-40-38-36-34-32-29-20-18-16-14-12-10-8-6-4-2/h6,8,12,14,18,20,32,34,49,52H,3-5,7,9-11,13,15-17,19,21-31,33,35-48H2,1-2H3/b8-6-,14-12-,20-18-,34-32-. The van der Waals surface area contributed by atoms with E-state index in [9.17, 15) is 14.7 Å². The first-order valence-electron chi connectivity index (χ1n) is 24.2. The van der Waals surface area contributed by atoms with Gasteiger partial charge in [-0.15, -0.1) is 0 Å². The van der Waals surface area contributed by atoms with E-state index in [1.807, 2.05) is 0 Å². The lowest BCUT2D eigenvalue weighted by molar-refractivity contribution is -0.161. The second-order valence-corrected chi connectivity index (χ2v) is 16.2. The normalized spacial score (nSPS) is 12.6. The van der Waals surface area contributed by atoms with Gasteiger partial charge in [0, 0.05) is 12.8 Å². The topological polar surface area (TPSA) is 72.8 Å². The van der Waals surface area contributed by atoms with Crippen LogP contribution in [0.15, 0.2) is 48.6 Å². The van der Waals surface area contributed by atoms with E-state index in [0.29, 0.717) is 12.8 Å². The van der Waals surface area contributed by atoms with Crippen LogP contribution in [0.2, 0.25) is 0 Å². The Balaban J connectivity index is 3.49. The quantitative estimate of drug-likeness (QED) is 0.0378. The molecule has 0 amide bonds. The van der Waals surface area contributed by atoms with E-state index in [1.54, 1.807) is 0 Å². The van der Waals surface area contributed by atoms with Crippen LogP contribution in [0.5, 0.6) is 0 Å². The Morgan fingerprint density at radius 1 is 0.429 bits per heavy atom. The summed E-state index contributed by atoms with van der Waals surface area (Å²) in [4.78, 5) is 24.4. The van der Waals surface area contributed by atoms with Crippen molar-refractivity contribution in [1.82, 2.24) is 0 Å². The van der Waals surface area contributed by atoms with Gasteiger partial charge in [0.25, 0.3) is 0 Å². The number of unbranched alkanes of at least 4 members (excludes halogenated alkanes) is 28. The number of aliphatic hydroxyl groups excluding tert-OH is 1. The molecule has 1 N–H and O–H groups in total. The van der Waals surface area contributed by atoms with Gasteiger partial charge in [0.2, 0.25) is 0 Å². The molecule has 0 rings (SSSR count). The number of ether oxygens (including phenoxy) is 2. The van der Waals surface area contributed by atoms with Gasteiger partial charge in [0.05, 0.1) is 6.61 Å². The van der Waals surface area contributed by atoms with E-state index >= 15 is 0 Å². The fourth-order valence-corrected chi connectivity index (χ4v) is 7.02. The van der Waals surface area contributed by atoms with Crippen LogP contribution in [0.3, 0.4) is 0 Å². The third-order valence-corrected chi connectivity index (χ3v) is 10.6. The number of aliphatic hydroxyl groups is 1. The van der Waals surface area contributed by atoms with Crippen LogP contribution < -0.4 is 0 Å². The molecule has 1 atom stereocenters. The number of rotatable bonds is 44. The van der Waals surface area contributed by atoms with Crippen molar-refractivity contribution in [2.75, 3.05) is 13.2 Å². The summed E-state index contributed by atoms with van der Waals surface area (Å²) < 4.78 is 10.6. The average molecular weight is 785 g/mol. The SMILES string of the molecule is CC/C=C\C/C=C\C/C=C\C/C=C\CCCCCCC(=O)OC(CO)COC(=O)CCCCCCCCCCCCCCCCCCCCCCCCCCC. The second-order valence-electron chi connectivity index (χ2n) is 16.2. The largest absolute Gasteiger partial charge is 0.462 e. The van der Waals surface area contributed by atoms with Gasteiger partial charge in [0.15, 0.2) is 6.10 Å². The summed E-state index contributed by atoms with van der Waals surface area (Å²) >= 11 is 0. The molecule has 0 aliphatic carbocycles. The maximum atomic E-state index is 12.2. The molecule has 0 saturated carbocycles. The smallest absolute Gasteiger partial charge is 0.306 e. The summed E-state index contributed by atoms with van der Waals surface area (Å²) in [5, 5.41) is 9.60. The minimum absolute atomic E-state index is 0.0740. The third-order valence-electron chi connectivity index (χ3n) is 10.6. The zero-order chi connectivity index (χ0) is 40.7. The van der Waals surface area contributed by atoms with Crippen LogP contribution in [-0.4, -0.2) is 36.4 Å². The Morgan fingerprint density at radius 3 is 1.16 bits per heavy atom. The van der Waals surface area contributed by atoms with Crippen LogP contribution in [0.4, 0.5) is 0 Å². The maximum absolute atomic E-state index is 12.2. The van der Waals surface area contributed by atoms with E-state index in [-0.39, 0.29) is 25.2 Å². The average Bonchev–Trinajstić information content (AvgIpc) is 3.20.